The van der Waals surface area contributed by atoms with Crippen molar-refractivity contribution >= 4 is 28.9 Å². The second kappa shape index (κ2) is 11.8. The Hall–Kier alpha value is -2.33. The molecule has 0 saturated carbocycles. The molecule has 0 bridgehead atoms. The number of alkyl halides is 3. The number of piperazine rings is 1. The Morgan fingerprint density at radius 3 is 2.47 bits per heavy atom. The molecule has 1 fully saturated rings. The number of rotatable bonds is 9. The largest absolute Gasteiger partial charge is 0.390 e. The van der Waals surface area contributed by atoms with Gasteiger partial charge >= 0.3 is 6.18 Å². The van der Waals surface area contributed by atoms with Crippen LogP contribution in [0, 0.1) is 0 Å². The molecule has 0 radical (unpaired) electrons. The van der Waals surface area contributed by atoms with E-state index in [4.69, 9.17) is 16.3 Å². The summed E-state index contributed by atoms with van der Waals surface area (Å²) < 4.78 is 43.2. The van der Waals surface area contributed by atoms with E-state index in [-0.39, 0.29) is 12.5 Å². The molecule has 0 unspecified atom stereocenters. The summed E-state index contributed by atoms with van der Waals surface area (Å²) in [4.78, 5) is 19.3. The number of ether oxygens (including phenoxy) is 1. The highest BCUT2D eigenvalue weighted by atomic mass is 35.5. The van der Waals surface area contributed by atoms with Crippen molar-refractivity contribution in [3.8, 4) is 0 Å². The number of carbonyl (C=O) groups excluding carboxylic acids is 1. The normalized spacial score (nSPS) is 16.9. The third-order valence-corrected chi connectivity index (χ3v) is 6.88. The average molecular weight is 525 g/mol. The van der Waals surface area contributed by atoms with Crippen molar-refractivity contribution in [1.82, 2.24) is 9.80 Å². The van der Waals surface area contributed by atoms with E-state index in [0.29, 0.717) is 55.7 Å². The van der Waals surface area contributed by atoms with Gasteiger partial charge in [-0.05, 0) is 48.4 Å². The minimum Gasteiger partial charge on any atom is -0.380 e. The molecule has 1 N–H and O–H groups in total. The Morgan fingerprint density at radius 1 is 1.00 bits per heavy atom. The Kier molecular flexibility index (Phi) is 8.77. The molecule has 36 heavy (non-hydrogen) atoms. The SMILES string of the molecule is CCOCCN1Cc2ccc(C(=O)Nc3ccc(Cl)cc3N3CCN(CCC(F)(F)F)CC3)cc2C1. The molecule has 196 valence electrons. The van der Waals surface area contributed by atoms with Crippen molar-refractivity contribution in [1.29, 1.82) is 0 Å². The van der Waals surface area contributed by atoms with Crippen LogP contribution < -0.4 is 10.2 Å². The molecule has 1 saturated heterocycles. The first-order chi connectivity index (χ1) is 17.2. The van der Waals surface area contributed by atoms with Crippen LogP contribution in [-0.2, 0) is 17.8 Å². The standard InChI is InChI=1S/C26H32ClF3N4O2/c1-2-36-14-13-33-17-20-4-3-19(15-21(20)18-33)25(35)31-23-6-5-22(27)16-24(23)34-11-9-32(10-12-34)8-7-26(28,29)30/h3-6,15-16H,2,7-14,17-18H2,1H3,(H,31,35). The first-order valence-electron chi connectivity index (χ1n) is 12.3. The van der Waals surface area contributed by atoms with Crippen LogP contribution in [0.1, 0.15) is 34.8 Å². The number of halogens is 4. The van der Waals surface area contributed by atoms with Crippen LogP contribution in [0.4, 0.5) is 24.5 Å². The first kappa shape index (κ1) is 26.7. The summed E-state index contributed by atoms with van der Waals surface area (Å²) in [7, 11) is 0. The summed E-state index contributed by atoms with van der Waals surface area (Å²) in [6, 6.07) is 11.1. The number of fused-ring (bicyclic) bond motifs is 1. The molecule has 2 aromatic carbocycles. The number of hydrogen-bond donors (Lipinski definition) is 1. The van der Waals surface area contributed by atoms with Crippen LogP contribution >= 0.6 is 11.6 Å². The monoisotopic (exact) mass is 524 g/mol. The van der Waals surface area contributed by atoms with Crippen LogP contribution in [0.25, 0.3) is 0 Å². The van der Waals surface area contributed by atoms with Gasteiger partial charge in [-0.3, -0.25) is 14.6 Å². The van der Waals surface area contributed by atoms with Crippen LogP contribution in [0.5, 0.6) is 0 Å². The lowest BCUT2D eigenvalue weighted by Crippen LogP contribution is -2.47. The molecule has 2 aliphatic rings. The van der Waals surface area contributed by atoms with Crippen LogP contribution in [0.2, 0.25) is 5.02 Å². The Bertz CT molecular complexity index is 1060. The zero-order valence-electron chi connectivity index (χ0n) is 20.4. The number of anilines is 2. The number of carbonyl (C=O) groups is 1. The predicted octanol–water partition coefficient (Wildman–Crippen LogP) is 5.02. The number of hydrogen-bond acceptors (Lipinski definition) is 5. The summed E-state index contributed by atoms with van der Waals surface area (Å²) in [6.07, 6.45) is -4.96. The van der Waals surface area contributed by atoms with Crippen LogP contribution in [0.15, 0.2) is 36.4 Å². The topological polar surface area (TPSA) is 48.1 Å². The van der Waals surface area contributed by atoms with Crippen molar-refractivity contribution in [3.63, 3.8) is 0 Å². The van der Waals surface area contributed by atoms with Crippen molar-refractivity contribution < 1.29 is 22.7 Å². The Balaban J connectivity index is 1.39. The van der Waals surface area contributed by atoms with Gasteiger partial charge in [-0.1, -0.05) is 17.7 Å². The minimum atomic E-state index is -4.15. The van der Waals surface area contributed by atoms with E-state index in [1.807, 2.05) is 30.0 Å². The third-order valence-electron chi connectivity index (χ3n) is 6.64. The number of nitrogens with zero attached hydrogens (tertiary/aromatic N) is 3. The molecule has 1 amide bonds. The van der Waals surface area contributed by atoms with E-state index in [0.717, 1.165) is 30.9 Å². The molecule has 6 nitrogen and oxygen atoms in total. The van der Waals surface area contributed by atoms with Gasteiger partial charge in [-0.2, -0.15) is 13.2 Å². The molecule has 2 aliphatic heterocycles. The van der Waals surface area contributed by atoms with Gasteiger partial charge in [0.15, 0.2) is 0 Å². The molecule has 2 heterocycles. The van der Waals surface area contributed by atoms with Crippen LogP contribution in [-0.4, -0.2) is 74.4 Å². The van der Waals surface area contributed by atoms with E-state index in [2.05, 4.69) is 15.1 Å². The van der Waals surface area contributed by atoms with Gasteiger partial charge in [0.25, 0.3) is 5.91 Å². The van der Waals surface area contributed by atoms with Crippen molar-refractivity contribution in [2.45, 2.75) is 32.6 Å². The highest BCUT2D eigenvalue weighted by Gasteiger charge is 2.29. The van der Waals surface area contributed by atoms with E-state index in [1.165, 1.54) is 5.56 Å². The van der Waals surface area contributed by atoms with E-state index < -0.39 is 12.6 Å². The molecule has 0 aromatic heterocycles. The summed E-state index contributed by atoms with van der Waals surface area (Å²) in [5.74, 6) is -0.210. The number of amides is 1. The van der Waals surface area contributed by atoms with Crippen molar-refractivity contribution in [2.75, 3.05) is 62.7 Å². The second-order valence-corrected chi connectivity index (χ2v) is 9.64. The minimum absolute atomic E-state index is 0.00212. The Labute approximate surface area is 214 Å². The van der Waals surface area contributed by atoms with Gasteiger partial charge in [0.2, 0.25) is 0 Å². The maximum absolute atomic E-state index is 13.1. The summed E-state index contributed by atoms with van der Waals surface area (Å²) >= 11 is 6.25. The van der Waals surface area contributed by atoms with Gasteiger partial charge < -0.3 is 15.0 Å². The summed E-state index contributed by atoms with van der Waals surface area (Å²) in [5.41, 5.74) is 4.35. The fourth-order valence-corrected chi connectivity index (χ4v) is 4.83. The summed E-state index contributed by atoms with van der Waals surface area (Å²) in [5, 5.41) is 3.55. The average Bonchev–Trinajstić information content (AvgIpc) is 3.26. The van der Waals surface area contributed by atoms with Gasteiger partial charge in [0.05, 0.1) is 24.4 Å². The highest BCUT2D eigenvalue weighted by molar-refractivity contribution is 6.31. The molecular weight excluding hydrogens is 493 g/mol. The smallest absolute Gasteiger partial charge is 0.380 e. The van der Waals surface area contributed by atoms with Crippen LogP contribution in [0.3, 0.4) is 0 Å². The van der Waals surface area contributed by atoms with Gasteiger partial charge in [-0.25, -0.2) is 0 Å². The highest BCUT2D eigenvalue weighted by Crippen LogP contribution is 2.31. The van der Waals surface area contributed by atoms with E-state index >= 15 is 0 Å². The molecule has 0 aliphatic carbocycles. The maximum atomic E-state index is 13.1. The maximum Gasteiger partial charge on any atom is 0.390 e. The zero-order valence-corrected chi connectivity index (χ0v) is 21.2. The lowest BCUT2D eigenvalue weighted by Gasteiger charge is -2.37. The molecule has 0 atom stereocenters. The molecule has 0 spiro atoms. The third kappa shape index (κ3) is 7.12. The molecule has 10 heteroatoms. The fourth-order valence-electron chi connectivity index (χ4n) is 4.67. The van der Waals surface area contributed by atoms with Crippen molar-refractivity contribution in [3.05, 3.63) is 58.1 Å². The second-order valence-electron chi connectivity index (χ2n) is 9.20. The lowest BCUT2D eigenvalue weighted by atomic mass is 10.1. The van der Waals surface area contributed by atoms with Gasteiger partial charge in [0.1, 0.15) is 0 Å². The van der Waals surface area contributed by atoms with Gasteiger partial charge in [-0.15, -0.1) is 0 Å². The van der Waals surface area contributed by atoms with E-state index in [9.17, 15) is 18.0 Å². The quantitative estimate of drug-likeness (QED) is 0.467. The molecular formula is C26H32ClF3N4O2. The van der Waals surface area contributed by atoms with E-state index in [1.54, 1.807) is 18.2 Å². The first-order valence-corrected chi connectivity index (χ1v) is 12.7. The zero-order chi connectivity index (χ0) is 25.7. The lowest BCUT2D eigenvalue weighted by molar-refractivity contribution is -0.138. The fraction of sp³-hybridized carbons (Fsp3) is 0.500. The predicted molar refractivity (Wildman–Crippen MR) is 136 cm³/mol. The molecule has 2 aromatic rings. The number of nitrogens with one attached hydrogen (secondary N) is 1. The summed E-state index contributed by atoms with van der Waals surface area (Å²) in [6.45, 7) is 7.98. The van der Waals surface area contributed by atoms with Crippen molar-refractivity contribution in [2.24, 2.45) is 0 Å². The number of benzene rings is 2. The Morgan fingerprint density at radius 2 is 1.75 bits per heavy atom. The van der Waals surface area contributed by atoms with Gasteiger partial charge in [0, 0.05) is 69.6 Å². The molecule has 4 rings (SSSR count).